The van der Waals surface area contributed by atoms with Gasteiger partial charge in [-0.1, -0.05) is 5.11 Å². The third kappa shape index (κ3) is 2.21. The predicted octanol–water partition coefficient (Wildman–Crippen LogP) is 2.57. The minimum absolute atomic E-state index is 0.00602. The smallest absolute Gasteiger partial charge is 0.357 e. The number of ether oxygens (including phenoxy) is 1. The number of carbonyl (C=O) groups is 1. The van der Waals surface area contributed by atoms with Gasteiger partial charge in [-0.15, -0.1) is 0 Å². The van der Waals surface area contributed by atoms with Gasteiger partial charge in [0.1, 0.15) is 0 Å². The molecule has 0 aromatic carbocycles. The van der Waals surface area contributed by atoms with Crippen LogP contribution in [0.25, 0.3) is 10.4 Å². The molecule has 1 aromatic rings. The molecule has 1 rings (SSSR count). The molecular formula is C7H5BrN4O2. The zero-order valence-corrected chi connectivity index (χ0v) is 8.72. The molecule has 0 amide bonds. The molecule has 0 N–H and O–H groups in total. The van der Waals surface area contributed by atoms with Gasteiger partial charge in [-0.05, 0) is 27.5 Å². The molecular weight excluding hydrogens is 252 g/mol. The maximum absolute atomic E-state index is 11.1. The molecule has 0 saturated carbocycles. The molecule has 0 aliphatic carbocycles. The Labute approximate surface area is 87.7 Å². The first-order valence-electron chi connectivity index (χ1n) is 3.48. The van der Waals surface area contributed by atoms with Crippen LogP contribution in [0.5, 0.6) is 0 Å². The molecule has 0 atom stereocenters. The van der Waals surface area contributed by atoms with E-state index in [2.05, 4.69) is 35.7 Å². The molecule has 0 spiro atoms. The third-order valence-electron chi connectivity index (χ3n) is 1.37. The summed E-state index contributed by atoms with van der Waals surface area (Å²) >= 11 is 3.14. The average molecular weight is 257 g/mol. The van der Waals surface area contributed by atoms with Crippen LogP contribution in [-0.2, 0) is 4.74 Å². The molecule has 1 heterocycles. The minimum atomic E-state index is -0.639. The minimum Gasteiger partial charge on any atom is -0.464 e. The van der Waals surface area contributed by atoms with E-state index in [9.17, 15) is 4.79 Å². The van der Waals surface area contributed by atoms with Crippen LogP contribution < -0.4 is 0 Å². The lowest BCUT2D eigenvalue weighted by molar-refractivity contribution is 0.0595. The largest absolute Gasteiger partial charge is 0.464 e. The van der Waals surface area contributed by atoms with Crippen LogP contribution in [0.2, 0.25) is 0 Å². The first-order valence-corrected chi connectivity index (χ1v) is 4.27. The van der Waals surface area contributed by atoms with Crippen LogP contribution in [-0.4, -0.2) is 18.1 Å². The quantitative estimate of drug-likeness (QED) is 0.353. The standard InChI is InChI=1S/C7H5BrN4O2/c1-14-7(13)6-5(11-12-9)2-4(8)3-10-6/h2-3H,1H3. The Morgan fingerprint density at radius 3 is 3.07 bits per heavy atom. The van der Waals surface area contributed by atoms with Crippen molar-refractivity contribution < 1.29 is 9.53 Å². The normalized spacial score (nSPS) is 9.00. The van der Waals surface area contributed by atoms with E-state index in [1.165, 1.54) is 19.4 Å². The molecule has 0 unspecified atom stereocenters. The summed E-state index contributed by atoms with van der Waals surface area (Å²) in [5.74, 6) is -0.639. The highest BCUT2D eigenvalue weighted by Crippen LogP contribution is 2.22. The van der Waals surface area contributed by atoms with E-state index in [1.54, 1.807) is 0 Å². The third-order valence-corrected chi connectivity index (χ3v) is 1.80. The first kappa shape index (κ1) is 10.5. The SMILES string of the molecule is COC(=O)c1ncc(Br)cc1N=[N+]=[N-]. The van der Waals surface area contributed by atoms with Crippen LogP contribution in [0.15, 0.2) is 21.9 Å². The van der Waals surface area contributed by atoms with Gasteiger partial charge in [0, 0.05) is 15.6 Å². The zero-order valence-electron chi connectivity index (χ0n) is 7.14. The highest BCUT2D eigenvalue weighted by atomic mass is 79.9. The highest BCUT2D eigenvalue weighted by Gasteiger charge is 2.12. The van der Waals surface area contributed by atoms with E-state index < -0.39 is 5.97 Å². The van der Waals surface area contributed by atoms with Crippen molar-refractivity contribution in [2.75, 3.05) is 7.11 Å². The fourth-order valence-electron chi connectivity index (χ4n) is 0.807. The number of nitrogens with zero attached hydrogens (tertiary/aromatic N) is 4. The van der Waals surface area contributed by atoms with Gasteiger partial charge in [0.15, 0.2) is 5.69 Å². The van der Waals surface area contributed by atoms with Crippen molar-refractivity contribution in [3.63, 3.8) is 0 Å². The molecule has 1 aromatic heterocycles. The number of carbonyl (C=O) groups excluding carboxylic acids is 1. The monoisotopic (exact) mass is 256 g/mol. The summed E-state index contributed by atoms with van der Waals surface area (Å²) in [5, 5.41) is 3.32. The van der Waals surface area contributed by atoms with Gasteiger partial charge in [0.25, 0.3) is 0 Å². The van der Waals surface area contributed by atoms with E-state index in [0.29, 0.717) is 4.47 Å². The van der Waals surface area contributed by atoms with Crippen molar-refractivity contribution in [1.29, 1.82) is 0 Å². The summed E-state index contributed by atoms with van der Waals surface area (Å²) < 4.78 is 5.08. The number of halogens is 1. The number of esters is 1. The Hall–Kier alpha value is -1.59. The van der Waals surface area contributed by atoms with Crippen molar-refractivity contribution >= 4 is 27.6 Å². The maximum Gasteiger partial charge on any atom is 0.357 e. The zero-order chi connectivity index (χ0) is 10.6. The van der Waals surface area contributed by atoms with Crippen LogP contribution in [0.4, 0.5) is 5.69 Å². The Balaban J connectivity index is 3.28. The molecule has 0 fully saturated rings. The second-order valence-electron chi connectivity index (χ2n) is 2.20. The van der Waals surface area contributed by atoms with Crippen molar-refractivity contribution in [3.05, 3.63) is 32.9 Å². The lowest BCUT2D eigenvalue weighted by atomic mass is 10.3. The summed E-state index contributed by atoms with van der Waals surface area (Å²) in [6.07, 6.45) is 1.42. The van der Waals surface area contributed by atoms with Crippen molar-refractivity contribution in [3.8, 4) is 0 Å². The molecule has 0 saturated heterocycles. The summed E-state index contributed by atoms with van der Waals surface area (Å²) in [5.41, 5.74) is 8.38. The molecule has 6 nitrogen and oxygen atoms in total. The van der Waals surface area contributed by atoms with Crippen molar-refractivity contribution in [2.45, 2.75) is 0 Å². The lowest BCUT2D eigenvalue weighted by Gasteiger charge is -2.01. The van der Waals surface area contributed by atoms with Crippen LogP contribution in [0, 0.1) is 0 Å². The van der Waals surface area contributed by atoms with Crippen molar-refractivity contribution in [2.24, 2.45) is 5.11 Å². The summed E-state index contributed by atoms with van der Waals surface area (Å²) in [6, 6.07) is 1.49. The summed E-state index contributed by atoms with van der Waals surface area (Å²) in [4.78, 5) is 17.5. The maximum atomic E-state index is 11.1. The first-order chi connectivity index (χ1) is 6.69. The summed E-state index contributed by atoms with van der Waals surface area (Å²) in [7, 11) is 1.23. The number of hydrogen-bond acceptors (Lipinski definition) is 4. The van der Waals surface area contributed by atoms with Crippen LogP contribution in [0.3, 0.4) is 0 Å². The van der Waals surface area contributed by atoms with Gasteiger partial charge in [0.05, 0.1) is 12.8 Å². The molecule has 0 aliphatic heterocycles. The average Bonchev–Trinajstić information content (AvgIpc) is 2.17. The molecule has 0 radical (unpaired) electrons. The van der Waals surface area contributed by atoms with Crippen molar-refractivity contribution in [1.82, 2.24) is 4.98 Å². The van der Waals surface area contributed by atoms with Gasteiger partial charge in [-0.3, -0.25) is 0 Å². The van der Waals surface area contributed by atoms with E-state index in [4.69, 9.17) is 5.53 Å². The second-order valence-corrected chi connectivity index (χ2v) is 3.12. The molecule has 0 aliphatic rings. The molecule has 14 heavy (non-hydrogen) atoms. The number of rotatable bonds is 2. The highest BCUT2D eigenvalue weighted by molar-refractivity contribution is 9.10. The Morgan fingerprint density at radius 2 is 2.50 bits per heavy atom. The van der Waals surface area contributed by atoms with Gasteiger partial charge >= 0.3 is 5.97 Å². The van der Waals surface area contributed by atoms with Gasteiger partial charge in [-0.2, -0.15) is 0 Å². The second kappa shape index (κ2) is 4.59. The van der Waals surface area contributed by atoms with E-state index in [1.807, 2.05) is 0 Å². The van der Waals surface area contributed by atoms with Gasteiger partial charge in [-0.25, -0.2) is 9.78 Å². The number of hydrogen-bond donors (Lipinski definition) is 0. The van der Waals surface area contributed by atoms with E-state index in [-0.39, 0.29) is 11.4 Å². The number of aromatic nitrogens is 1. The topological polar surface area (TPSA) is 88.0 Å². The number of pyridine rings is 1. The van der Waals surface area contributed by atoms with Crippen LogP contribution >= 0.6 is 15.9 Å². The number of azide groups is 1. The molecule has 0 bridgehead atoms. The predicted molar refractivity (Wildman–Crippen MR) is 52.1 cm³/mol. The Morgan fingerprint density at radius 1 is 1.79 bits per heavy atom. The van der Waals surface area contributed by atoms with E-state index in [0.717, 1.165) is 0 Å². The molecule has 72 valence electrons. The van der Waals surface area contributed by atoms with Crippen LogP contribution in [0.1, 0.15) is 10.5 Å². The number of methoxy groups -OCH3 is 1. The molecule has 7 heteroatoms. The summed E-state index contributed by atoms with van der Waals surface area (Å²) in [6.45, 7) is 0. The lowest BCUT2D eigenvalue weighted by Crippen LogP contribution is -2.04. The van der Waals surface area contributed by atoms with E-state index >= 15 is 0 Å². The van der Waals surface area contributed by atoms with Gasteiger partial charge in [0.2, 0.25) is 0 Å². The Bertz CT molecular complexity index is 414. The fourth-order valence-corrected chi connectivity index (χ4v) is 1.13. The van der Waals surface area contributed by atoms with Gasteiger partial charge < -0.3 is 4.74 Å². The Kier molecular flexibility index (Phi) is 3.44. The fraction of sp³-hybridized carbons (Fsp3) is 0.143.